The number of pyridine rings is 1. The van der Waals surface area contributed by atoms with Gasteiger partial charge in [0.15, 0.2) is 0 Å². The number of H-pyrrole nitrogens is 1. The lowest BCUT2D eigenvalue weighted by Crippen LogP contribution is -2.49. The Balaban J connectivity index is 1.16. The number of aromatic nitrogens is 2. The maximum Gasteiger partial charge on any atom is 0.103 e. The highest BCUT2D eigenvalue weighted by atomic mass is 15.3. The minimum atomic E-state index is 0.530. The van der Waals surface area contributed by atoms with E-state index in [9.17, 15) is 5.26 Å². The number of nitrogens with one attached hydrogen (secondary N) is 2. The molecule has 3 heterocycles. The van der Waals surface area contributed by atoms with Gasteiger partial charge in [0.1, 0.15) is 6.07 Å². The van der Waals surface area contributed by atoms with Crippen molar-refractivity contribution in [2.75, 3.05) is 31.5 Å². The molecule has 2 N–H and O–H groups in total. The van der Waals surface area contributed by atoms with Crippen molar-refractivity contribution in [1.82, 2.24) is 19.8 Å². The first kappa shape index (κ1) is 26.3. The van der Waals surface area contributed by atoms with E-state index >= 15 is 0 Å². The lowest BCUT2D eigenvalue weighted by atomic mass is 10.0. The normalized spacial score (nSPS) is 17.1. The van der Waals surface area contributed by atoms with E-state index in [0.29, 0.717) is 5.56 Å². The van der Waals surface area contributed by atoms with E-state index in [0.717, 1.165) is 65.0 Å². The smallest absolute Gasteiger partial charge is 0.103 e. The number of aryl methyl sites for hydroxylation is 2. The quantitative estimate of drug-likeness (QED) is 0.269. The van der Waals surface area contributed by atoms with Crippen LogP contribution in [0.3, 0.4) is 0 Å². The van der Waals surface area contributed by atoms with Crippen molar-refractivity contribution in [2.45, 2.75) is 52.1 Å². The van der Waals surface area contributed by atoms with Crippen LogP contribution in [-0.2, 0) is 6.54 Å². The number of rotatable bonds is 7. The molecular weight excluding hydrogens is 492 g/mol. The molecule has 1 aliphatic carbocycles. The van der Waals surface area contributed by atoms with Crippen LogP contribution in [0, 0.1) is 25.2 Å². The largest absolute Gasteiger partial charge is 0.361 e. The van der Waals surface area contributed by atoms with E-state index in [2.05, 4.69) is 92.7 Å². The van der Waals surface area contributed by atoms with Crippen molar-refractivity contribution in [3.63, 3.8) is 0 Å². The van der Waals surface area contributed by atoms with Crippen molar-refractivity contribution in [2.24, 2.45) is 0 Å². The molecule has 2 aliphatic rings. The summed E-state index contributed by atoms with van der Waals surface area (Å²) in [5, 5.41) is 14.6. The van der Waals surface area contributed by atoms with E-state index < -0.39 is 0 Å². The van der Waals surface area contributed by atoms with Crippen LogP contribution in [0.25, 0.3) is 23.1 Å². The first-order valence-corrected chi connectivity index (χ1v) is 14.6. The van der Waals surface area contributed by atoms with E-state index in [1.165, 1.54) is 49.7 Å². The zero-order valence-electron chi connectivity index (χ0n) is 23.6. The van der Waals surface area contributed by atoms with Gasteiger partial charge in [-0.2, -0.15) is 5.26 Å². The molecule has 6 rings (SSSR count). The van der Waals surface area contributed by atoms with Crippen LogP contribution in [0.5, 0.6) is 0 Å². The van der Waals surface area contributed by atoms with Gasteiger partial charge in [0.2, 0.25) is 0 Å². The molecule has 0 radical (unpaired) electrons. The SMILES string of the molecule is Cc1ncc(C#N)c(Nc2ccc3[nH]ccc3c2C)c1C=Cc1ccc(CN2CCN(C3CCCC3)CC2)cc1. The summed E-state index contributed by atoms with van der Waals surface area (Å²) in [6.45, 7) is 9.83. The molecule has 1 saturated carbocycles. The van der Waals surface area contributed by atoms with Crippen LogP contribution >= 0.6 is 0 Å². The molecule has 1 saturated heterocycles. The summed E-state index contributed by atoms with van der Waals surface area (Å²) < 4.78 is 0. The Labute approximate surface area is 237 Å². The predicted molar refractivity (Wildman–Crippen MR) is 164 cm³/mol. The first-order chi connectivity index (χ1) is 19.6. The fourth-order valence-corrected chi connectivity index (χ4v) is 6.33. The first-order valence-electron chi connectivity index (χ1n) is 14.6. The van der Waals surface area contributed by atoms with Crippen molar-refractivity contribution >= 4 is 34.4 Å². The summed E-state index contributed by atoms with van der Waals surface area (Å²) >= 11 is 0. The van der Waals surface area contributed by atoms with Gasteiger partial charge in [-0.15, -0.1) is 0 Å². The van der Waals surface area contributed by atoms with Crippen LogP contribution in [0.15, 0.2) is 54.9 Å². The number of nitriles is 1. The van der Waals surface area contributed by atoms with Gasteiger partial charge < -0.3 is 10.3 Å². The summed E-state index contributed by atoms with van der Waals surface area (Å²) in [4.78, 5) is 13.1. The van der Waals surface area contributed by atoms with E-state index in [1.807, 2.05) is 13.1 Å². The van der Waals surface area contributed by atoms with Crippen LogP contribution in [-0.4, -0.2) is 52.0 Å². The average Bonchev–Trinajstić information content (AvgIpc) is 3.69. The topological polar surface area (TPSA) is 71.0 Å². The summed E-state index contributed by atoms with van der Waals surface area (Å²) in [6, 6.07) is 18.2. The summed E-state index contributed by atoms with van der Waals surface area (Å²) in [5.74, 6) is 0. The number of benzene rings is 2. The average molecular weight is 531 g/mol. The lowest BCUT2D eigenvalue weighted by Gasteiger charge is -2.38. The third-order valence-electron chi connectivity index (χ3n) is 8.78. The Morgan fingerprint density at radius 3 is 2.52 bits per heavy atom. The number of nitrogens with zero attached hydrogens (tertiary/aromatic N) is 4. The molecule has 204 valence electrons. The molecule has 0 atom stereocenters. The van der Waals surface area contributed by atoms with Crippen molar-refractivity contribution < 1.29 is 0 Å². The molecule has 6 nitrogen and oxygen atoms in total. The number of anilines is 2. The maximum atomic E-state index is 9.87. The Bertz CT molecular complexity index is 1540. The molecule has 0 spiro atoms. The second kappa shape index (κ2) is 11.7. The molecule has 2 fully saturated rings. The molecular formula is C34H38N6. The number of fused-ring (bicyclic) bond motifs is 1. The van der Waals surface area contributed by atoms with E-state index in [1.54, 1.807) is 6.20 Å². The number of hydrogen-bond acceptors (Lipinski definition) is 5. The minimum Gasteiger partial charge on any atom is -0.361 e. The van der Waals surface area contributed by atoms with Gasteiger partial charge in [-0.1, -0.05) is 49.3 Å². The van der Waals surface area contributed by atoms with Gasteiger partial charge >= 0.3 is 0 Å². The van der Waals surface area contributed by atoms with E-state index in [-0.39, 0.29) is 0 Å². The Kier molecular flexibility index (Phi) is 7.68. The highest BCUT2D eigenvalue weighted by molar-refractivity contribution is 5.90. The van der Waals surface area contributed by atoms with Gasteiger partial charge in [0, 0.05) is 79.0 Å². The zero-order valence-corrected chi connectivity index (χ0v) is 23.6. The van der Waals surface area contributed by atoms with Crippen molar-refractivity contribution in [3.8, 4) is 6.07 Å². The Morgan fingerprint density at radius 2 is 1.77 bits per heavy atom. The van der Waals surface area contributed by atoms with Gasteiger partial charge in [-0.05, 0) is 61.6 Å². The Hall–Kier alpha value is -3.92. The number of piperazine rings is 1. The fourth-order valence-electron chi connectivity index (χ4n) is 6.33. The van der Waals surface area contributed by atoms with Gasteiger partial charge in [-0.25, -0.2) is 0 Å². The molecule has 0 amide bonds. The fraction of sp³-hybridized carbons (Fsp3) is 0.353. The molecule has 4 aromatic rings. The minimum absolute atomic E-state index is 0.530. The van der Waals surface area contributed by atoms with Crippen LogP contribution in [0.1, 0.15) is 59.2 Å². The molecule has 2 aromatic heterocycles. The highest BCUT2D eigenvalue weighted by Gasteiger charge is 2.26. The predicted octanol–water partition coefficient (Wildman–Crippen LogP) is 7.03. The molecule has 1 aliphatic heterocycles. The molecule has 0 bridgehead atoms. The van der Waals surface area contributed by atoms with Gasteiger partial charge in [0.05, 0.1) is 11.3 Å². The number of hydrogen-bond donors (Lipinski definition) is 2. The maximum absolute atomic E-state index is 9.87. The third-order valence-corrected chi connectivity index (χ3v) is 8.78. The second-order valence-corrected chi connectivity index (χ2v) is 11.3. The summed E-state index contributed by atoms with van der Waals surface area (Å²) in [5.41, 5.74) is 8.84. The number of aromatic amines is 1. The van der Waals surface area contributed by atoms with Crippen molar-refractivity contribution in [3.05, 3.63) is 88.4 Å². The van der Waals surface area contributed by atoms with Gasteiger partial charge in [-0.3, -0.25) is 14.8 Å². The Morgan fingerprint density at radius 1 is 1.00 bits per heavy atom. The van der Waals surface area contributed by atoms with Crippen LogP contribution < -0.4 is 5.32 Å². The molecule has 0 unspecified atom stereocenters. The van der Waals surface area contributed by atoms with Crippen LogP contribution in [0.2, 0.25) is 0 Å². The van der Waals surface area contributed by atoms with Gasteiger partial charge in [0.25, 0.3) is 0 Å². The zero-order chi connectivity index (χ0) is 27.5. The molecule has 2 aromatic carbocycles. The van der Waals surface area contributed by atoms with E-state index in [4.69, 9.17) is 0 Å². The van der Waals surface area contributed by atoms with Crippen LogP contribution in [0.4, 0.5) is 11.4 Å². The van der Waals surface area contributed by atoms with Crippen molar-refractivity contribution in [1.29, 1.82) is 5.26 Å². The standard InChI is InChI=1S/C34H38N6/c1-24-30-15-16-36-33(30)14-13-32(24)38-34-28(21-35)22-37-25(2)31(34)12-11-26-7-9-27(10-8-26)23-39-17-19-40(20-18-39)29-5-3-4-6-29/h7-16,22,29,36H,3-6,17-20,23H2,1-2H3,(H,37,38). The lowest BCUT2D eigenvalue weighted by molar-refractivity contribution is 0.0937. The molecule has 40 heavy (non-hydrogen) atoms. The molecule has 6 heteroatoms. The highest BCUT2D eigenvalue weighted by Crippen LogP contribution is 2.32. The summed E-state index contributed by atoms with van der Waals surface area (Å²) in [6.07, 6.45) is 13.4. The second-order valence-electron chi connectivity index (χ2n) is 11.3. The summed E-state index contributed by atoms with van der Waals surface area (Å²) in [7, 11) is 0. The third kappa shape index (κ3) is 5.54. The monoisotopic (exact) mass is 530 g/mol.